The first-order valence-corrected chi connectivity index (χ1v) is 6.45. The van der Waals surface area contributed by atoms with Crippen LogP contribution in [0.2, 0.25) is 5.02 Å². The third kappa shape index (κ3) is 3.68. The van der Waals surface area contributed by atoms with Crippen LogP contribution in [-0.4, -0.2) is 48.4 Å². The van der Waals surface area contributed by atoms with Crippen LogP contribution in [0.1, 0.15) is 5.56 Å². The highest BCUT2D eigenvalue weighted by Crippen LogP contribution is 2.12. The standard InChI is InChI=1S/C13H16ClN3O2/c1-16(8-10-3-2-4-11(14)7-10)9-12(18)17-6-5-15-13(17)19/h2-4,7H,5-6,8-9H2,1H3,(H,15,19). The van der Waals surface area contributed by atoms with Crippen LogP contribution in [0.25, 0.3) is 0 Å². The van der Waals surface area contributed by atoms with Crippen molar-refractivity contribution in [2.75, 3.05) is 26.7 Å². The number of imide groups is 1. The Kier molecular flexibility index (Phi) is 4.39. The van der Waals surface area contributed by atoms with Gasteiger partial charge < -0.3 is 5.32 Å². The number of carbonyl (C=O) groups excluding carboxylic acids is 2. The molecule has 0 spiro atoms. The first-order chi connectivity index (χ1) is 9.06. The van der Waals surface area contributed by atoms with Gasteiger partial charge in [-0.25, -0.2) is 4.79 Å². The molecule has 1 fully saturated rings. The lowest BCUT2D eigenvalue weighted by Gasteiger charge is -2.19. The highest BCUT2D eigenvalue weighted by Gasteiger charge is 2.26. The van der Waals surface area contributed by atoms with Gasteiger partial charge in [-0.1, -0.05) is 23.7 Å². The highest BCUT2D eigenvalue weighted by atomic mass is 35.5. The summed E-state index contributed by atoms with van der Waals surface area (Å²) in [5.41, 5.74) is 1.04. The zero-order chi connectivity index (χ0) is 13.8. The van der Waals surface area contributed by atoms with Crippen molar-refractivity contribution in [2.24, 2.45) is 0 Å². The lowest BCUT2D eigenvalue weighted by molar-refractivity contribution is -0.128. The summed E-state index contributed by atoms with van der Waals surface area (Å²) in [5.74, 6) is -0.181. The van der Waals surface area contributed by atoms with Gasteiger partial charge in [0.2, 0.25) is 5.91 Å². The predicted molar refractivity (Wildman–Crippen MR) is 72.9 cm³/mol. The summed E-state index contributed by atoms with van der Waals surface area (Å²) in [6.07, 6.45) is 0. The summed E-state index contributed by atoms with van der Waals surface area (Å²) >= 11 is 5.91. The van der Waals surface area contributed by atoms with Crippen molar-refractivity contribution in [3.63, 3.8) is 0 Å². The van der Waals surface area contributed by atoms with Gasteiger partial charge in [0, 0.05) is 24.7 Å². The van der Waals surface area contributed by atoms with Crippen molar-refractivity contribution in [3.8, 4) is 0 Å². The Hall–Kier alpha value is -1.59. The molecular formula is C13H16ClN3O2. The van der Waals surface area contributed by atoms with E-state index in [4.69, 9.17) is 11.6 Å². The van der Waals surface area contributed by atoms with Gasteiger partial charge in [0.15, 0.2) is 0 Å². The van der Waals surface area contributed by atoms with Crippen molar-refractivity contribution < 1.29 is 9.59 Å². The zero-order valence-electron chi connectivity index (χ0n) is 10.7. The highest BCUT2D eigenvalue weighted by molar-refractivity contribution is 6.30. The Labute approximate surface area is 117 Å². The minimum atomic E-state index is -0.304. The normalized spacial score (nSPS) is 14.9. The lowest BCUT2D eigenvalue weighted by atomic mass is 10.2. The fraction of sp³-hybridized carbons (Fsp3) is 0.385. The molecule has 6 heteroatoms. The minimum absolute atomic E-state index is 0.181. The summed E-state index contributed by atoms with van der Waals surface area (Å²) < 4.78 is 0. The molecular weight excluding hydrogens is 266 g/mol. The van der Waals surface area contributed by atoms with Crippen molar-refractivity contribution in [2.45, 2.75) is 6.54 Å². The average Bonchev–Trinajstić information content (AvgIpc) is 2.75. The number of nitrogens with one attached hydrogen (secondary N) is 1. The molecule has 1 saturated heterocycles. The topological polar surface area (TPSA) is 52.7 Å². The molecule has 19 heavy (non-hydrogen) atoms. The van der Waals surface area contributed by atoms with E-state index in [2.05, 4.69) is 5.32 Å². The van der Waals surface area contributed by atoms with Gasteiger partial charge in [-0.2, -0.15) is 0 Å². The van der Waals surface area contributed by atoms with Crippen LogP contribution >= 0.6 is 11.6 Å². The molecule has 102 valence electrons. The van der Waals surface area contributed by atoms with E-state index in [0.29, 0.717) is 24.7 Å². The van der Waals surface area contributed by atoms with Crippen LogP contribution in [0.4, 0.5) is 4.79 Å². The number of nitrogens with zero attached hydrogens (tertiary/aromatic N) is 2. The van der Waals surface area contributed by atoms with Crippen LogP contribution in [0.5, 0.6) is 0 Å². The molecule has 1 aromatic rings. The van der Waals surface area contributed by atoms with Gasteiger partial charge in [0.25, 0.3) is 0 Å². The first-order valence-electron chi connectivity index (χ1n) is 6.07. The fourth-order valence-electron chi connectivity index (χ4n) is 2.03. The number of hydrogen-bond donors (Lipinski definition) is 1. The van der Waals surface area contributed by atoms with Crippen molar-refractivity contribution in [3.05, 3.63) is 34.9 Å². The SMILES string of the molecule is CN(CC(=O)N1CCNC1=O)Cc1cccc(Cl)c1. The summed E-state index contributed by atoms with van der Waals surface area (Å²) in [6, 6.07) is 7.20. The van der Waals surface area contributed by atoms with E-state index in [9.17, 15) is 9.59 Å². The zero-order valence-corrected chi connectivity index (χ0v) is 11.5. The molecule has 1 aromatic carbocycles. The maximum Gasteiger partial charge on any atom is 0.324 e. The molecule has 0 atom stereocenters. The summed E-state index contributed by atoms with van der Waals surface area (Å²) in [7, 11) is 1.84. The minimum Gasteiger partial charge on any atom is -0.336 e. The molecule has 2 rings (SSSR count). The quantitative estimate of drug-likeness (QED) is 0.906. The number of carbonyl (C=O) groups is 2. The van der Waals surface area contributed by atoms with Crippen molar-refractivity contribution in [1.29, 1.82) is 0 Å². The predicted octanol–water partition coefficient (Wildman–Crippen LogP) is 1.32. The number of amides is 3. The monoisotopic (exact) mass is 281 g/mol. The number of rotatable bonds is 4. The summed E-state index contributed by atoms with van der Waals surface area (Å²) in [5, 5.41) is 3.29. The molecule has 0 radical (unpaired) electrons. The first kappa shape index (κ1) is 13.8. The number of benzene rings is 1. The van der Waals surface area contributed by atoms with Crippen molar-refractivity contribution in [1.82, 2.24) is 15.1 Å². The van der Waals surface area contributed by atoms with Crippen LogP contribution in [-0.2, 0) is 11.3 Å². The average molecular weight is 282 g/mol. The number of likely N-dealkylation sites (N-methyl/N-ethyl adjacent to an activating group) is 1. The molecule has 1 heterocycles. The molecule has 5 nitrogen and oxygen atoms in total. The second-order valence-corrected chi connectivity index (χ2v) is 5.02. The Morgan fingerprint density at radius 2 is 2.32 bits per heavy atom. The Balaban J connectivity index is 1.89. The molecule has 1 aliphatic heterocycles. The molecule has 1 N–H and O–H groups in total. The molecule has 0 saturated carbocycles. The summed E-state index contributed by atoms with van der Waals surface area (Å²) in [4.78, 5) is 26.4. The van der Waals surface area contributed by atoms with E-state index >= 15 is 0 Å². The van der Waals surface area contributed by atoms with Crippen LogP contribution in [0.3, 0.4) is 0 Å². The van der Waals surface area contributed by atoms with E-state index in [0.717, 1.165) is 5.56 Å². The van der Waals surface area contributed by atoms with Crippen LogP contribution < -0.4 is 5.32 Å². The number of halogens is 1. The van der Waals surface area contributed by atoms with E-state index in [1.165, 1.54) is 4.90 Å². The molecule has 0 unspecified atom stereocenters. The second kappa shape index (κ2) is 6.04. The maximum absolute atomic E-state index is 11.9. The van der Waals surface area contributed by atoms with Crippen molar-refractivity contribution >= 4 is 23.5 Å². The van der Waals surface area contributed by atoms with E-state index in [-0.39, 0.29) is 18.5 Å². The van der Waals surface area contributed by atoms with Crippen LogP contribution in [0, 0.1) is 0 Å². The molecule has 0 bridgehead atoms. The van der Waals surface area contributed by atoms with Gasteiger partial charge in [0.1, 0.15) is 0 Å². The second-order valence-electron chi connectivity index (χ2n) is 4.58. The summed E-state index contributed by atoms with van der Waals surface area (Å²) in [6.45, 7) is 1.80. The number of urea groups is 1. The van der Waals surface area contributed by atoms with Gasteiger partial charge in [0.05, 0.1) is 6.54 Å². The van der Waals surface area contributed by atoms with Gasteiger partial charge >= 0.3 is 6.03 Å². The largest absolute Gasteiger partial charge is 0.336 e. The maximum atomic E-state index is 11.9. The van der Waals surface area contributed by atoms with Gasteiger partial charge in [-0.3, -0.25) is 14.6 Å². The Morgan fingerprint density at radius 3 is 2.95 bits per heavy atom. The van der Waals surface area contributed by atoms with Crippen LogP contribution in [0.15, 0.2) is 24.3 Å². The van der Waals surface area contributed by atoms with E-state index < -0.39 is 0 Å². The molecule has 0 aromatic heterocycles. The molecule has 3 amide bonds. The van der Waals surface area contributed by atoms with Gasteiger partial charge in [-0.05, 0) is 24.7 Å². The van der Waals surface area contributed by atoms with E-state index in [1.54, 1.807) is 0 Å². The Bertz CT molecular complexity index is 493. The lowest BCUT2D eigenvalue weighted by Crippen LogP contribution is -2.40. The third-order valence-corrected chi connectivity index (χ3v) is 3.14. The third-order valence-electron chi connectivity index (χ3n) is 2.90. The Morgan fingerprint density at radius 1 is 1.53 bits per heavy atom. The number of hydrogen-bond acceptors (Lipinski definition) is 3. The smallest absolute Gasteiger partial charge is 0.324 e. The van der Waals surface area contributed by atoms with Gasteiger partial charge in [-0.15, -0.1) is 0 Å². The van der Waals surface area contributed by atoms with E-state index in [1.807, 2.05) is 36.2 Å². The fourth-order valence-corrected chi connectivity index (χ4v) is 2.24. The molecule has 1 aliphatic rings. The molecule has 0 aliphatic carbocycles.